The molecule has 0 saturated carbocycles. The second-order valence-electron chi connectivity index (χ2n) is 7.23. The molecule has 5 nitrogen and oxygen atoms in total. The Bertz CT molecular complexity index is 786. The molecular weight excluding hydrogens is 340 g/mol. The van der Waals surface area contributed by atoms with E-state index in [0.717, 1.165) is 11.3 Å². The van der Waals surface area contributed by atoms with Crippen molar-refractivity contribution >= 4 is 5.91 Å². The van der Waals surface area contributed by atoms with Crippen LogP contribution in [-0.4, -0.2) is 19.1 Å². The number of amides is 1. The largest absolute Gasteiger partial charge is 0.490 e. The van der Waals surface area contributed by atoms with Gasteiger partial charge in [-0.25, -0.2) is 0 Å². The van der Waals surface area contributed by atoms with Crippen molar-refractivity contribution in [2.45, 2.75) is 39.2 Å². The van der Waals surface area contributed by atoms with Crippen molar-refractivity contribution in [1.29, 1.82) is 5.26 Å². The first-order chi connectivity index (χ1) is 12.9. The minimum absolute atomic E-state index is 0.126. The number of hydrogen-bond donors (Lipinski definition) is 1. The molecule has 0 unspecified atom stereocenters. The van der Waals surface area contributed by atoms with Gasteiger partial charge >= 0.3 is 0 Å². The maximum Gasteiger partial charge on any atom is 0.234 e. The molecule has 0 aliphatic carbocycles. The lowest BCUT2D eigenvalue weighted by Crippen LogP contribution is -2.21. The Labute approximate surface area is 160 Å². The SMILES string of the molecule is CC(C)(C)c1ccc(OCCOc2cccc(CNC(=O)CC#N)c2)cc1. The first-order valence-electron chi connectivity index (χ1n) is 8.97. The molecule has 0 aliphatic heterocycles. The summed E-state index contributed by atoms with van der Waals surface area (Å²) in [6, 6.07) is 17.4. The Morgan fingerprint density at radius 3 is 2.33 bits per heavy atom. The first kappa shape index (κ1) is 20.3. The molecule has 0 aliphatic rings. The minimum atomic E-state index is -0.283. The van der Waals surface area contributed by atoms with E-state index in [9.17, 15) is 4.79 Å². The van der Waals surface area contributed by atoms with Crippen molar-refractivity contribution in [2.75, 3.05) is 13.2 Å². The van der Waals surface area contributed by atoms with Gasteiger partial charge in [-0.05, 0) is 40.8 Å². The number of ether oxygens (including phenoxy) is 2. The van der Waals surface area contributed by atoms with Crippen LogP contribution in [0.3, 0.4) is 0 Å². The highest BCUT2D eigenvalue weighted by Crippen LogP contribution is 2.24. The molecule has 1 N–H and O–H groups in total. The Morgan fingerprint density at radius 1 is 1.04 bits per heavy atom. The summed E-state index contributed by atoms with van der Waals surface area (Å²) in [4.78, 5) is 11.3. The van der Waals surface area contributed by atoms with Gasteiger partial charge in [0.15, 0.2) is 0 Å². The summed E-state index contributed by atoms with van der Waals surface area (Å²) in [5.74, 6) is 1.25. The van der Waals surface area contributed by atoms with Gasteiger partial charge in [0.2, 0.25) is 5.91 Å². The van der Waals surface area contributed by atoms with E-state index < -0.39 is 0 Å². The molecule has 0 radical (unpaired) electrons. The van der Waals surface area contributed by atoms with E-state index in [0.29, 0.717) is 25.5 Å². The Balaban J connectivity index is 1.76. The van der Waals surface area contributed by atoms with Crippen LogP contribution < -0.4 is 14.8 Å². The Hall–Kier alpha value is -3.00. The maximum absolute atomic E-state index is 11.3. The summed E-state index contributed by atoms with van der Waals surface area (Å²) in [6.45, 7) is 7.77. The van der Waals surface area contributed by atoms with E-state index in [1.165, 1.54) is 5.56 Å². The van der Waals surface area contributed by atoms with E-state index in [2.05, 4.69) is 38.2 Å². The standard InChI is InChI=1S/C22H26N2O3/c1-22(2,3)18-7-9-19(10-8-18)26-13-14-27-20-6-4-5-17(15-20)16-24-21(25)11-12-23/h4-10,15H,11,13-14,16H2,1-3H3,(H,24,25). The summed E-state index contributed by atoms with van der Waals surface area (Å²) >= 11 is 0. The third-order valence-corrected chi connectivity index (χ3v) is 3.97. The first-order valence-corrected chi connectivity index (χ1v) is 8.97. The number of carbonyl (C=O) groups is 1. The molecular formula is C22H26N2O3. The second kappa shape index (κ2) is 9.63. The monoisotopic (exact) mass is 366 g/mol. The third-order valence-electron chi connectivity index (χ3n) is 3.97. The van der Waals surface area contributed by atoms with Gasteiger partial charge in [0, 0.05) is 6.54 Å². The zero-order valence-corrected chi connectivity index (χ0v) is 16.1. The fourth-order valence-corrected chi connectivity index (χ4v) is 2.45. The van der Waals surface area contributed by atoms with Crippen LogP contribution in [0.15, 0.2) is 48.5 Å². The van der Waals surface area contributed by atoms with E-state index >= 15 is 0 Å². The van der Waals surface area contributed by atoms with Crippen molar-refractivity contribution in [3.05, 3.63) is 59.7 Å². The van der Waals surface area contributed by atoms with Crippen molar-refractivity contribution in [2.24, 2.45) is 0 Å². The minimum Gasteiger partial charge on any atom is -0.490 e. The van der Waals surface area contributed by atoms with E-state index in [1.54, 1.807) is 0 Å². The predicted octanol–water partition coefficient (Wildman–Crippen LogP) is 3.97. The zero-order chi connectivity index (χ0) is 19.7. The number of carbonyl (C=O) groups excluding carboxylic acids is 1. The number of nitriles is 1. The van der Waals surface area contributed by atoms with Crippen LogP contribution in [0.4, 0.5) is 0 Å². The molecule has 2 aromatic rings. The highest BCUT2D eigenvalue weighted by Gasteiger charge is 2.12. The summed E-state index contributed by atoms with van der Waals surface area (Å²) in [5.41, 5.74) is 2.31. The lowest BCUT2D eigenvalue weighted by Gasteiger charge is -2.19. The van der Waals surface area contributed by atoms with Gasteiger partial charge in [-0.2, -0.15) is 5.26 Å². The molecule has 0 saturated heterocycles. The highest BCUT2D eigenvalue weighted by atomic mass is 16.5. The molecule has 0 atom stereocenters. The molecule has 27 heavy (non-hydrogen) atoms. The molecule has 142 valence electrons. The molecule has 0 fully saturated rings. The number of nitrogens with one attached hydrogen (secondary N) is 1. The summed E-state index contributed by atoms with van der Waals surface area (Å²) in [5, 5.41) is 11.2. The summed E-state index contributed by atoms with van der Waals surface area (Å²) < 4.78 is 11.4. The van der Waals surface area contributed by atoms with Crippen molar-refractivity contribution in [3.8, 4) is 17.6 Å². The number of benzene rings is 2. The summed E-state index contributed by atoms with van der Waals surface area (Å²) in [6.07, 6.45) is -0.135. The molecule has 5 heteroatoms. The van der Waals surface area contributed by atoms with Crippen LogP contribution in [0.5, 0.6) is 11.5 Å². The van der Waals surface area contributed by atoms with Gasteiger partial charge in [0.05, 0.1) is 6.07 Å². The van der Waals surface area contributed by atoms with Gasteiger partial charge in [0.25, 0.3) is 0 Å². The average Bonchev–Trinajstić information content (AvgIpc) is 2.64. The van der Waals surface area contributed by atoms with Gasteiger partial charge in [0.1, 0.15) is 31.1 Å². The maximum atomic E-state index is 11.3. The van der Waals surface area contributed by atoms with E-state index in [4.69, 9.17) is 14.7 Å². The second-order valence-corrected chi connectivity index (χ2v) is 7.23. The van der Waals surface area contributed by atoms with Crippen LogP contribution >= 0.6 is 0 Å². The summed E-state index contributed by atoms with van der Waals surface area (Å²) in [7, 11) is 0. The topological polar surface area (TPSA) is 71.3 Å². The van der Waals surface area contributed by atoms with Crippen LogP contribution in [0, 0.1) is 11.3 Å². The van der Waals surface area contributed by atoms with Gasteiger partial charge in [-0.3, -0.25) is 4.79 Å². The predicted molar refractivity (Wildman–Crippen MR) is 105 cm³/mol. The van der Waals surface area contributed by atoms with Crippen molar-refractivity contribution in [3.63, 3.8) is 0 Å². The van der Waals surface area contributed by atoms with Crippen LogP contribution in [-0.2, 0) is 16.8 Å². The van der Waals surface area contributed by atoms with Gasteiger partial charge in [-0.1, -0.05) is 45.0 Å². The quantitative estimate of drug-likeness (QED) is 0.718. The molecule has 0 heterocycles. The molecule has 2 aromatic carbocycles. The molecule has 0 spiro atoms. The fraction of sp³-hybridized carbons (Fsp3) is 0.364. The Morgan fingerprint density at radius 2 is 1.70 bits per heavy atom. The van der Waals surface area contributed by atoms with E-state index in [1.807, 2.05) is 42.5 Å². The fourth-order valence-electron chi connectivity index (χ4n) is 2.45. The molecule has 0 bridgehead atoms. The molecule has 2 rings (SSSR count). The number of rotatable bonds is 8. The normalized spacial score (nSPS) is 10.7. The number of hydrogen-bond acceptors (Lipinski definition) is 4. The molecule has 1 amide bonds. The van der Waals surface area contributed by atoms with Crippen LogP contribution in [0.2, 0.25) is 0 Å². The van der Waals surface area contributed by atoms with Crippen molar-refractivity contribution in [1.82, 2.24) is 5.32 Å². The molecule has 0 aromatic heterocycles. The van der Waals surface area contributed by atoms with Crippen molar-refractivity contribution < 1.29 is 14.3 Å². The number of nitrogens with zero attached hydrogens (tertiary/aromatic N) is 1. The lowest BCUT2D eigenvalue weighted by atomic mass is 9.87. The van der Waals surface area contributed by atoms with Crippen LogP contribution in [0.1, 0.15) is 38.3 Å². The van der Waals surface area contributed by atoms with E-state index in [-0.39, 0.29) is 17.7 Å². The Kier molecular flexibility index (Phi) is 7.25. The lowest BCUT2D eigenvalue weighted by molar-refractivity contribution is -0.120. The smallest absolute Gasteiger partial charge is 0.234 e. The highest BCUT2D eigenvalue weighted by molar-refractivity contribution is 5.77. The third kappa shape index (κ3) is 7.02. The van der Waals surface area contributed by atoms with Gasteiger partial charge < -0.3 is 14.8 Å². The zero-order valence-electron chi connectivity index (χ0n) is 16.1. The van der Waals surface area contributed by atoms with Crippen LogP contribution in [0.25, 0.3) is 0 Å². The average molecular weight is 366 g/mol. The van der Waals surface area contributed by atoms with Gasteiger partial charge in [-0.15, -0.1) is 0 Å².